The van der Waals surface area contributed by atoms with E-state index in [1.54, 1.807) is 0 Å². The third-order valence-electron chi connectivity index (χ3n) is 5.77. The summed E-state index contributed by atoms with van der Waals surface area (Å²) in [6.45, 7) is 1.74. The van der Waals surface area contributed by atoms with Gasteiger partial charge in [0.05, 0.1) is 0 Å². The third-order valence-corrected chi connectivity index (χ3v) is 5.77. The quantitative estimate of drug-likeness (QED) is 0.902. The van der Waals surface area contributed by atoms with Crippen molar-refractivity contribution in [3.8, 4) is 0 Å². The second kappa shape index (κ2) is 4.58. The van der Waals surface area contributed by atoms with Crippen molar-refractivity contribution in [3.05, 3.63) is 12.2 Å². The van der Waals surface area contributed by atoms with Gasteiger partial charge in [-0.1, -0.05) is 0 Å². The fourth-order valence-electron chi connectivity index (χ4n) is 5.30. The van der Waals surface area contributed by atoms with Gasteiger partial charge in [-0.15, -0.1) is 10.2 Å². The maximum atomic E-state index is 5.64. The average Bonchev–Trinajstić information content (AvgIpc) is 2.83. The van der Waals surface area contributed by atoms with E-state index in [-0.39, 0.29) is 0 Å². The fraction of sp³-hybridized carbons (Fsp3) is 0.867. The summed E-state index contributed by atoms with van der Waals surface area (Å²) in [6, 6.07) is 0. The van der Waals surface area contributed by atoms with E-state index in [2.05, 4.69) is 14.8 Å². The Bertz CT molecular complexity index is 425. The molecule has 0 atom stereocenters. The highest BCUT2D eigenvalue weighted by molar-refractivity contribution is 5.11. The molecule has 1 aromatic rings. The third kappa shape index (κ3) is 1.92. The molecule has 1 heterocycles. The van der Waals surface area contributed by atoms with Crippen LogP contribution < -0.4 is 5.73 Å². The van der Waals surface area contributed by atoms with Gasteiger partial charge in [0.25, 0.3) is 0 Å². The first-order valence-electron chi connectivity index (χ1n) is 7.93. The van der Waals surface area contributed by atoms with Gasteiger partial charge in [-0.25, -0.2) is 0 Å². The highest BCUT2D eigenvalue weighted by atomic mass is 15.3. The number of rotatable bonds is 4. The molecule has 0 amide bonds. The molecule has 4 bridgehead atoms. The van der Waals surface area contributed by atoms with E-state index in [1.165, 1.54) is 37.9 Å². The molecule has 2 N–H and O–H groups in total. The minimum absolute atomic E-state index is 0.688. The van der Waals surface area contributed by atoms with E-state index < -0.39 is 0 Å². The van der Waals surface area contributed by atoms with Crippen LogP contribution in [0.4, 0.5) is 0 Å². The largest absolute Gasteiger partial charge is 0.330 e. The molecule has 4 aliphatic rings. The van der Waals surface area contributed by atoms with Gasteiger partial charge in [0, 0.05) is 12.5 Å². The average molecular weight is 260 g/mol. The van der Waals surface area contributed by atoms with Crippen LogP contribution in [0.3, 0.4) is 0 Å². The number of nitrogens with two attached hydrogens (primary N) is 1. The van der Waals surface area contributed by atoms with Crippen molar-refractivity contribution in [2.24, 2.45) is 29.4 Å². The minimum Gasteiger partial charge on any atom is -0.330 e. The van der Waals surface area contributed by atoms with Crippen LogP contribution >= 0.6 is 0 Å². The SMILES string of the molecule is NCCCn1cnnc1C1C2CC3CC(C2)CC1C3. The summed E-state index contributed by atoms with van der Waals surface area (Å²) in [4.78, 5) is 0. The molecule has 19 heavy (non-hydrogen) atoms. The molecule has 4 nitrogen and oxygen atoms in total. The number of aromatic nitrogens is 3. The van der Waals surface area contributed by atoms with Crippen molar-refractivity contribution in [1.29, 1.82) is 0 Å². The zero-order chi connectivity index (χ0) is 12.8. The van der Waals surface area contributed by atoms with E-state index in [4.69, 9.17) is 5.73 Å². The molecular weight excluding hydrogens is 236 g/mol. The van der Waals surface area contributed by atoms with Crippen LogP contribution in [0.5, 0.6) is 0 Å². The topological polar surface area (TPSA) is 56.7 Å². The first-order chi connectivity index (χ1) is 9.35. The first kappa shape index (κ1) is 11.9. The Labute approximate surface area is 114 Å². The maximum Gasteiger partial charge on any atom is 0.136 e. The molecule has 4 saturated carbocycles. The van der Waals surface area contributed by atoms with Crippen LogP contribution in [-0.2, 0) is 6.54 Å². The Balaban J connectivity index is 1.60. The highest BCUT2D eigenvalue weighted by Crippen LogP contribution is 2.59. The van der Waals surface area contributed by atoms with Crippen LogP contribution in [0.25, 0.3) is 0 Å². The van der Waals surface area contributed by atoms with Crippen molar-refractivity contribution >= 4 is 0 Å². The predicted octanol–water partition coefficient (Wildman–Crippen LogP) is 2.17. The molecule has 0 radical (unpaired) electrons. The van der Waals surface area contributed by atoms with Gasteiger partial charge in [0.1, 0.15) is 12.2 Å². The lowest BCUT2D eigenvalue weighted by molar-refractivity contribution is -0.00690. The lowest BCUT2D eigenvalue weighted by Crippen LogP contribution is -2.44. The highest BCUT2D eigenvalue weighted by Gasteiger charge is 2.50. The summed E-state index contributed by atoms with van der Waals surface area (Å²) in [7, 11) is 0. The molecule has 0 unspecified atom stereocenters. The van der Waals surface area contributed by atoms with Crippen molar-refractivity contribution in [2.45, 2.75) is 51.0 Å². The maximum absolute atomic E-state index is 5.64. The molecule has 0 spiro atoms. The van der Waals surface area contributed by atoms with Crippen LogP contribution in [-0.4, -0.2) is 21.3 Å². The van der Waals surface area contributed by atoms with Crippen molar-refractivity contribution in [3.63, 3.8) is 0 Å². The summed E-state index contributed by atoms with van der Waals surface area (Å²) in [5.41, 5.74) is 5.64. The monoisotopic (exact) mass is 260 g/mol. The first-order valence-corrected chi connectivity index (χ1v) is 7.93. The molecule has 5 rings (SSSR count). The number of nitrogens with zero attached hydrogens (tertiary/aromatic N) is 3. The Kier molecular flexibility index (Phi) is 2.87. The zero-order valence-corrected chi connectivity index (χ0v) is 11.5. The molecule has 104 valence electrons. The van der Waals surface area contributed by atoms with Gasteiger partial charge in [-0.2, -0.15) is 0 Å². The van der Waals surface area contributed by atoms with Crippen LogP contribution in [0.2, 0.25) is 0 Å². The molecule has 4 fully saturated rings. The smallest absolute Gasteiger partial charge is 0.136 e. The van der Waals surface area contributed by atoms with E-state index in [9.17, 15) is 0 Å². The van der Waals surface area contributed by atoms with Gasteiger partial charge in [0.2, 0.25) is 0 Å². The van der Waals surface area contributed by atoms with Crippen molar-refractivity contribution in [1.82, 2.24) is 14.8 Å². The van der Waals surface area contributed by atoms with Gasteiger partial charge in [-0.05, 0) is 68.7 Å². The van der Waals surface area contributed by atoms with E-state index >= 15 is 0 Å². The summed E-state index contributed by atoms with van der Waals surface area (Å²) in [6.07, 6.45) is 10.2. The molecule has 4 heteroatoms. The van der Waals surface area contributed by atoms with Gasteiger partial charge < -0.3 is 10.3 Å². The summed E-state index contributed by atoms with van der Waals surface area (Å²) >= 11 is 0. The number of hydrogen-bond acceptors (Lipinski definition) is 3. The van der Waals surface area contributed by atoms with E-state index in [0.29, 0.717) is 5.92 Å². The van der Waals surface area contributed by atoms with Gasteiger partial charge >= 0.3 is 0 Å². The Morgan fingerprint density at radius 3 is 2.42 bits per heavy atom. The van der Waals surface area contributed by atoms with E-state index in [0.717, 1.165) is 43.2 Å². The fourth-order valence-corrected chi connectivity index (χ4v) is 5.30. The zero-order valence-electron chi connectivity index (χ0n) is 11.5. The molecular formula is C15H24N4. The summed E-state index contributed by atoms with van der Waals surface area (Å²) in [5.74, 6) is 5.78. The minimum atomic E-state index is 0.688. The summed E-state index contributed by atoms with van der Waals surface area (Å²) in [5, 5.41) is 8.67. The molecule has 0 aliphatic heterocycles. The Morgan fingerprint density at radius 1 is 1.11 bits per heavy atom. The molecule has 0 aromatic carbocycles. The van der Waals surface area contributed by atoms with Crippen LogP contribution in [0.1, 0.15) is 50.3 Å². The van der Waals surface area contributed by atoms with E-state index in [1.807, 2.05) is 6.33 Å². The standard InChI is InChI=1S/C15H24N4/c16-2-1-3-19-9-17-18-15(19)14-12-5-10-4-11(7-12)8-13(14)6-10/h9-14H,1-8,16H2. The molecule has 4 aliphatic carbocycles. The van der Waals surface area contributed by atoms with Crippen LogP contribution in [0.15, 0.2) is 6.33 Å². The molecule has 1 aromatic heterocycles. The normalized spacial score (nSPS) is 39.9. The second-order valence-corrected chi connectivity index (χ2v) is 6.98. The number of aryl methyl sites for hydroxylation is 1. The lowest BCUT2D eigenvalue weighted by atomic mass is 9.51. The lowest BCUT2D eigenvalue weighted by Gasteiger charge is -2.54. The van der Waals surface area contributed by atoms with Crippen molar-refractivity contribution < 1.29 is 0 Å². The number of hydrogen-bond donors (Lipinski definition) is 1. The van der Waals surface area contributed by atoms with Crippen LogP contribution in [0, 0.1) is 23.7 Å². The Hall–Kier alpha value is -0.900. The van der Waals surface area contributed by atoms with Crippen molar-refractivity contribution in [2.75, 3.05) is 6.54 Å². The summed E-state index contributed by atoms with van der Waals surface area (Å²) < 4.78 is 2.28. The van der Waals surface area contributed by atoms with Gasteiger partial charge in [-0.3, -0.25) is 0 Å². The Morgan fingerprint density at radius 2 is 1.79 bits per heavy atom. The molecule has 0 saturated heterocycles. The second-order valence-electron chi connectivity index (χ2n) is 6.98. The van der Waals surface area contributed by atoms with Gasteiger partial charge in [0.15, 0.2) is 0 Å². The predicted molar refractivity (Wildman–Crippen MR) is 73.5 cm³/mol.